The van der Waals surface area contributed by atoms with Crippen LogP contribution in [-0.2, 0) is 25.6 Å². The molecule has 0 bridgehead atoms. The number of rotatable bonds is 16. The predicted molar refractivity (Wildman–Crippen MR) is 177 cm³/mol. The number of carbonyl (C=O) groups is 2. The summed E-state index contributed by atoms with van der Waals surface area (Å²) in [6.07, 6.45) is 0.105. The van der Waals surface area contributed by atoms with Gasteiger partial charge in [0.25, 0.3) is 11.8 Å². The van der Waals surface area contributed by atoms with Crippen LogP contribution in [0, 0.1) is 0 Å². The largest absolute Gasteiger partial charge is 0.511 e. The number of benzene rings is 3. The Morgan fingerprint density at radius 2 is 1.74 bits per heavy atom. The number of fused-ring (bicyclic) bond motifs is 1. The number of para-hydroxylation sites is 1. The Labute approximate surface area is 287 Å². The number of imidazole rings is 1. The lowest BCUT2D eigenvalue weighted by Gasteiger charge is -2.24. The number of esters is 1. The predicted octanol–water partition coefficient (Wildman–Crippen LogP) is 5.95. The smallest absolute Gasteiger partial charge is 0.465 e. The van der Waals surface area contributed by atoms with Gasteiger partial charge in [0.1, 0.15) is 0 Å². The second-order valence-electron chi connectivity index (χ2n) is 11.7. The standard InChI is InChI=1S/C34H39N7O9/c1-5-46-32-35-28-15-10-14-27(31(42)48-34(3,4)49-33(43)47-20-9-8-11-22(2)50-41(44)45)29(28)40(32)21-23-16-18-24(19-17-23)25-12-6-7-13-26(25)30-36-38-39-37-30/h6-7,10,12-19,22,44-45H,5,8-9,11,20-21H2,1-4H3,(H,36,37,38,39). The molecule has 3 aromatic carbocycles. The van der Waals surface area contributed by atoms with Crippen LogP contribution >= 0.6 is 0 Å². The van der Waals surface area contributed by atoms with Crippen molar-refractivity contribution in [2.24, 2.45) is 0 Å². The Balaban J connectivity index is 1.29. The van der Waals surface area contributed by atoms with E-state index in [-0.39, 0.29) is 17.6 Å². The minimum atomic E-state index is -1.66. The van der Waals surface area contributed by atoms with Crippen molar-refractivity contribution in [2.75, 3.05) is 13.2 Å². The average molecular weight is 690 g/mol. The van der Waals surface area contributed by atoms with Gasteiger partial charge in [0.2, 0.25) is 5.82 Å². The third-order valence-electron chi connectivity index (χ3n) is 7.51. The zero-order chi connectivity index (χ0) is 35.7. The fourth-order valence-corrected chi connectivity index (χ4v) is 5.33. The first-order valence-electron chi connectivity index (χ1n) is 16.0. The minimum absolute atomic E-state index is 0.0442. The highest BCUT2D eigenvalue weighted by molar-refractivity contribution is 6.02. The van der Waals surface area contributed by atoms with Crippen molar-refractivity contribution in [3.8, 4) is 28.5 Å². The average Bonchev–Trinajstić information content (AvgIpc) is 3.73. The van der Waals surface area contributed by atoms with E-state index in [2.05, 4.69) is 30.4 Å². The Hall–Kier alpha value is -5.42. The number of aromatic amines is 1. The van der Waals surface area contributed by atoms with E-state index in [0.717, 1.165) is 22.3 Å². The van der Waals surface area contributed by atoms with Crippen LogP contribution in [-0.4, -0.2) is 83.2 Å². The summed E-state index contributed by atoms with van der Waals surface area (Å²) in [7, 11) is 0. The fraction of sp³-hybridized carbons (Fsp3) is 0.353. The Bertz CT molecular complexity index is 1880. The van der Waals surface area contributed by atoms with E-state index in [9.17, 15) is 9.59 Å². The maximum absolute atomic E-state index is 13.6. The van der Waals surface area contributed by atoms with Gasteiger partial charge in [0, 0.05) is 19.4 Å². The summed E-state index contributed by atoms with van der Waals surface area (Å²) < 4.78 is 23.8. The Morgan fingerprint density at radius 3 is 2.44 bits per heavy atom. The highest BCUT2D eigenvalue weighted by atomic mass is 17.1. The highest BCUT2D eigenvalue weighted by Gasteiger charge is 2.31. The molecule has 16 heteroatoms. The van der Waals surface area contributed by atoms with Gasteiger partial charge < -0.3 is 18.9 Å². The topological polar surface area (TPSA) is 196 Å². The number of carbonyl (C=O) groups excluding carboxylic acids is 2. The highest BCUT2D eigenvalue weighted by Crippen LogP contribution is 2.31. The molecule has 0 radical (unpaired) electrons. The monoisotopic (exact) mass is 689 g/mol. The van der Waals surface area contributed by atoms with Crippen molar-refractivity contribution in [2.45, 2.75) is 65.4 Å². The Kier molecular flexibility index (Phi) is 11.7. The van der Waals surface area contributed by atoms with E-state index in [1.165, 1.54) is 13.8 Å². The maximum Gasteiger partial charge on any atom is 0.511 e. The molecule has 0 saturated heterocycles. The molecule has 0 aliphatic carbocycles. The number of nitrogens with zero attached hydrogens (tertiary/aromatic N) is 6. The third kappa shape index (κ3) is 9.17. The van der Waals surface area contributed by atoms with Gasteiger partial charge in [0.05, 0.1) is 47.8 Å². The van der Waals surface area contributed by atoms with Crippen LogP contribution < -0.4 is 4.74 Å². The summed E-state index contributed by atoms with van der Waals surface area (Å²) in [6.45, 7) is 7.11. The van der Waals surface area contributed by atoms with E-state index in [1.807, 2.05) is 60.0 Å². The van der Waals surface area contributed by atoms with Gasteiger partial charge in [-0.3, -0.25) is 15.0 Å². The van der Waals surface area contributed by atoms with Crippen LogP contribution in [0.5, 0.6) is 6.01 Å². The summed E-state index contributed by atoms with van der Waals surface area (Å²) in [5.74, 6) is -1.90. The molecule has 0 fully saturated rings. The van der Waals surface area contributed by atoms with Gasteiger partial charge in [-0.25, -0.2) is 14.4 Å². The van der Waals surface area contributed by atoms with Crippen LogP contribution in [0.2, 0.25) is 0 Å². The number of ether oxygens (including phenoxy) is 4. The zero-order valence-electron chi connectivity index (χ0n) is 28.1. The van der Waals surface area contributed by atoms with Gasteiger partial charge in [-0.1, -0.05) is 54.6 Å². The first kappa shape index (κ1) is 35.9. The van der Waals surface area contributed by atoms with Gasteiger partial charge >= 0.3 is 12.1 Å². The van der Waals surface area contributed by atoms with Crippen molar-refractivity contribution in [1.29, 1.82) is 0 Å². The normalized spacial score (nSPS) is 12.2. The van der Waals surface area contributed by atoms with E-state index < -0.39 is 24.0 Å². The van der Waals surface area contributed by atoms with E-state index in [1.54, 1.807) is 25.1 Å². The second kappa shape index (κ2) is 16.3. The number of nitrogens with one attached hydrogen (secondary N) is 1. The first-order valence-corrected chi connectivity index (χ1v) is 16.0. The number of H-pyrrole nitrogens is 1. The molecule has 0 saturated carbocycles. The molecule has 5 aromatic rings. The third-order valence-corrected chi connectivity index (χ3v) is 7.51. The van der Waals surface area contributed by atoms with E-state index in [4.69, 9.17) is 29.4 Å². The van der Waals surface area contributed by atoms with E-state index >= 15 is 0 Å². The summed E-state index contributed by atoms with van der Waals surface area (Å²) >= 11 is 0. The molecular weight excluding hydrogens is 650 g/mol. The summed E-state index contributed by atoms with van der Waals surface area (Å²) in [5.41, 5.74) is 4.89. The second-order valence-corrected chi connectivity index (χ2v) is 11.7. The number of unbranched alkanes of at least 4 members (excludes halogenated alkanes) is 1. The van der Waals surface area contributed by atoms with Crippen LogP contribution in [0.1, 0.15) is 62.9 Å². The minimum Gasteiger partial charge on any atom is -0.465 e. The molecule has 2 heterocycles. The van der Waals surface area contributed by atoms with Crippen molar-refractivity contribution >= 4 is 23.2 Å². The number of hydrogen-bond donors (Lipinski definition) is 3. The Morgan fingerprint density at radius 1 is 0.980 bits per heavy atom. The van der Waals surface area contributed by atoms with Crippen LogP contribution in [0.4, 0.5) is 4.79 Å². The molecule has 5 rings (SSSR count). The maximum atomic E-state index is 13.6. The molecule has 50 heavy (non-hydrogen) atoms. The molecule has 1 atom stereocenters. The van der Waals surface area contributed by atoms with E-state index in [0.29, 0.717) is 55.3 Å². The molecule has 2 aromatic heterocycles. The molecule has 3 N–H and O–H groups in total. The van der Waals surface area contributed by atoms with Gasteiger partial charge in [0.15, 0.2) is 0 Å². The number of hydrogen-bond acceptors (Lipinski definition) is 14. The summed E-state index contributed by atoms with van der Waals surface area (Å²) in [4.78, 5) is 35.3. The van der Waals surface area contributed by atoms with Gasteiger partial charge in [-0.05, 0) is 67.1 Å². The lowest BCUT2D eigenvalue weighted by molar-refractivity contribution is -0.503. The molecule has 16 nitrogen and oxygen atoms in total. The quantitative estimate of drug-likeness (QED) is 0.0476. The molecule has 0 aliphatic rings. The molecule has 0 aliphatic heterocycles. The first-order chi connectivity index (χ1) is 24.0. The van der Waals surface area contributed by atoms with Crippen molar-refractivity contribution < 1.29 is 43.8 Å². The number of aromatic nitrogens is 6. The fourth-order valence-electron chi connectivity index (χ4n) is 5.33. The van der Waals surface area contributed by atoms with Gasteiger partial charge in [-0.15, -0.1) is 10.2 Å². The van der Waals surface area contributed by atoms with Crippen LogP contribution in [0.15, 0.2) is 66.7 Å². The lowest BCUT2D eigenvalue weighted by atomic mass is 9.98. The zero-order valence-corrected chi connectivity index (χ0v) is 28.1. The molecule has 0 spiro atoms. The van der Waals surface area contributed by atoms with Crippen molar-refractivity contribution in [3.63, 3.8) is 0 Å². The van der Waals surface area contributed by atoms with Crippen molar-refractivity contribution in [3.05, 3.63) is 77.9 Å². The lowest BCUT2D eigenvalue weighted by Crippen LogP contribution is -2.34. The molecule has 0 amide bonds. The van der Waals surface area contributed by atoms with Gasteiger partial charge in [-0.2, -0.15) is 10.2 Å². The molecule has 1 unspecified atom stereocenters. The SMILES string of the molecule is CCOc1nc2cccc(C(=O)OC(C)(C)OC(=O)OCCCCC(C)ON(O)O)c2n1Cc1ccc(-c2ccccc2-c2nn[nH]n2)cc1. The number of tetrazole rings is 1. The summed E-state index contributed by atoms with van der Waals surface area (Å²) in [5, 5.41) is 31.5. The van der Waals surface area contributed by atoms with Crippen molar-refractivity contribution in [1.82, 2.24) is 35.6 Å². The van der Waals surface area contributed by atoms with Crippen LogP contribution in [0.25, 0.3) is 33.5 Å². The van der Waals surface area contributed by atoms with Crippen LogP contribution in [0.3, 0.4) is 0 Å². The molecule has 264 valence electrons. The summed E-state index contributed by atoms with van der Waals surface area (Å²) in [6, 6.07) is 21.2. The molecular formula is C34H39N7O9.